The fraction of sp³-hybridized carbons (Fsp3) is 0.950. The Labute approximate surface area is 607 Å². The minimum absolute atomic E-state index is 0.107. The molecule has 17 nitrogen and oxygen atoms in total. The highest BCUT2D eigenvalue weighted by Crippen LogP contribution is 2.45. The summed E-state index contributed by atoms with van der Waals surface area (Å²) in [6, 6.07) is 0. The molecule has 0 heterocycles. The second-order valence-electron chi connectivity index (χ2n) is 29.5. The van der Waals surface area contributed by atoms with E-state index in [2.05, 4.69) is 41.5 Å². The van der Waals surface area contributed by atoms with Gasteiger partial charge in [0.15, 0.2) is 12.2 Å². The van der Waals surface area contributed by atoms with Gasteiger partial charge in [-0.1, -0.05) is 369 Å². The number of rotatable bonds is 79. The molecule has 0 aliphatic carbocycles. The maximum absolute atomic E-state index is 13.1. The third-order valence-electron chi connectivity index (χ3n) is 19.1. The lowest BCUT2D eigenvalue weighted by Gasteiger charge is -2.21. The highest BCUT2D eigenvalue weighted by molar-refractivity contribution is 7.47. The number of ether oxygens (including phenoxy) is 4. The van der Waals surface area contributed by atoms with Crippen LogP contribution in [0.5, 0.6) is 0 Å². The van der Waals surface area contributed by atoms with Crippen LogP contribution in [0.3, 0.4) is 0 Å². The standard InChI is InChI=1S/C80H156O17P2/c1-7-10-12-14-16-18-20-22-23-24-25-26-30-34-37-44-50-56-62-77(82)90-68-75(96-80(85)65-59-53-47-39-35-31-28-27-29-32-36-43-49-55-61-73(6)9-3)70-94-98(86,87)92-66-74(81)67-93-99(88,89)95-71-76(69-91-78(83)63-57-51-45-41-40-42-48-54-60-72(4)5)97-79(84)64-58-52-46-38-33-21-19-17-15-13-11-8-2/h72-76,81H,7-71H2,1-6H3,(H,86,87)(H,88,89)/t73?,74-,75-,76-/m1/s1. The lowest BCUT2D eigenvalue weighted by molar-refractivity contribution is -0.161. The third-order valence-corrected chi connectivity index (χ3v) is 21.0. The van der Waals surface area contributed by atoms with Gasteiger partial charge >= 0.3 is 39.5 Å². The Hall–Kier alpha value is -1.94. The molecule has 0 saturated carbocycles. The highest BCUT2D eigenvalue weighted by atomic mass is 31.2. The number of hydrogen-bond donors (Lipinski definition) is 3. The Morgan fingerprint density at radius 1 is 0.293 bits per heavy atom. The highest BCUT2D eigenvalue weighted by Gasteiger charge is 2.30. The van der Waals surface area contributed by atoms with Gasteiger partial charge in [0.2, 0.25) is 0 Å². The quantitative estimate of drug-likeness (QED) is 0.0222. The molecule has 588 valence electrons. The van der Waals surface area contributed by atoms with Crippen LogP contribution < -0.4 is 0 Å². The number of esters is 4. The Balaban J connectivity index is 5.24. The van der Waals surface area contributed by atoms with Crippen LogP contribution in [0, 0.1) is 11.8 Å². The molecule has 0 saturated heterocycles. The van der Waals surface area contributed by atoms with Crippen LogP contribution >= 0.6 is 15.6 Å². The fourth-order valence-electron chi connectivity index (χ4n) is 12.3. The van der Waals surface area contributed by atoms with Crippen molar-refractivity contribution in [3.63, 3.8) is 0 Å². The molecule has 0 aromatic rings. The lowest BCUT2D eigenvalue weighted by atomic mass is 9.99. The van der Waals surface area contributed by atoms with E-state index in [-0.39, 0.29) is 25.7 Å². The molecular weight excluding hydrogens is 1290 g/mol. The topological polar surface area (TPSA) is 237 Å². The van der Waals surface area contributed by atoms with Gasteiger partial charge in [-0.05, 0) is 37.5 Å². The molecule has 0 aliphatic heterocycles. The summed E-state index contributed by atoms with van der Waals surface area (Å²) in [5.41, 5.74) is 0. The Morgan fingerprint density at radius 3 is 0.768 bits per heavy atom. The smallest absolute Gasteiger partial charge is 0.462 e. The van der Waals surface area contributed by atoms with E-state index >= 15 is 0 Å². The number of unbranched alkanes of at least 4 members (excludes halogenated alkanes) is 48. The van der Waals surface area contributed by atoms with Crippen molar-refractivity contribution in [1.82, 2.24) is 0 Å². The molecule has 0 aromatic heterocycles. The summed E-state index contributed by atoms with van der Waals surface area (Å²) in [5.74, 6) is -0.537. The first kappa shape index (κ1) is 97.1. The van der Waals surface area contributed by atoms with Crippen LogP contribution in [0.4, 0.5) is 0 Å². The largest absolute Gasteiger partial charge is 0.472 e. The van der Waals surface area contributed by atoms with Gasteiger partial charge in [-0.25, -0.2) is 9.13 Å². The monoisotopic (exact) mass is 1450 g/mol. The fourth-order valence-corrected chi connectivity index (χ4v) is 13.9. The number of phosphoric ester groups is 2. The number of aliphatic hydroxyl groups is 1. The van der Waals surface area contributed by atoms with Gasteiger partial charge < -0.3 is 33.8 Å². The van der Waals surface area contributed by atoms with E-state index in [4.69, 9.17) is 37.0 Å². The van der Waals surface area contributed by atoms with Crippen LogP contribution in [-0.2, 0) is 65.4 Å². The molecule has 3 unspecified atom stereocenters. The van der Waals surface area contributed by atoms with E-state index in [1.807, 2.05) is 0 Å². The van der Waals surface area contributed by atoms with Crippen LogP contribution in [-0.4, -0.2) is 96.7 Å². The molecule has 0 rings (SSSR count). The number of phosphoric acid groups is 2. The summed E-state index contributed by atoms with van der Waals surface area (Å²) >= 11 is 0. The van der Waals surface area contributed by atoms with E-state index in [1.165, 1.54) is 238 Å². The van der Waals surface area contributed by atoms with E-state index < -0.39 is 97.5 Å². The van der Waals surface area contributed by atoms with E-state index in [0.717, 1.165) is 102 Å². The summed E-state index contributed by atoms with van der Waals surface area (Å²) in [6.07, 6.45) is 61.0. The Bertz CT molecular complexity index is 1910. The average molecular weight is 1450 g/mol. The normalized spacial score (nSPS) is 14.2. The molecule has 99 heavy (non-hydrogen) atoms. The zero-order valence-corrected chi connectivity index (χ0v) is 66.6. The van der Waals surface area contributed by atoms with Crippen LogP contribution in [0.15, 0.2) is 0 Å². The van der Waals surface area contributed by atoms with Gasteiger partial charge in [-0.15, -0.1) is 0 Å². The van der Waals surface area contributed by atoms with Gasteiger partial charge in [0.05, 0.1) is 26.4 Å². The number of carbonyl (C=O) groups excluding carboxylic acids is 4. The first-order valence-corrected chi connectivity index (χ1v) is 44.5. The number of hydrogen-bond acceptors (Lipinski definition) is 15. The maximum atomic E-state index is 13.1. The van der Waals surface area contributed by atoms with Crippen LogP contribution in [0.1, 0.15) is 420 Å². The predicted octanol–water partition coefficient (Wildman–Crippen LogP) is 23.9. The van der Waals surface area contributed by atoms with Gasteiger partial charge in [0.25, 0.3) is 0 Å². The van der Waals surface area contributed by atoms with Crippen LogP contribution in [0.2, 0.25) is 0 Å². The van der Waals surface area contributed by atoms with Gasteiger partial charge in [-0.3, -0.25) is 37.3 Å². The van der Waals surface area contributed by atoms with Crippen molar-refractivity contribution in [2.75, 3.05) is 39.6 Å². The average Bonchev–Trinajstić information content (AvgIpc) is 0.996. The van der Waals surface area contributed by atoms with Crippen molar-refractivity contribution < 1.29 is 80.2 Å². The van der Waals surface area contributed by atoms with Crippen molar-refractivity contribution in [3.05, 3.63) is 0 Å². The third kappa shape index (κ3) is 72.8. The first-order chi connectivity index (χ1) is 47.9. The van der Waals surface area contributed by atoms with Gasteiger partial charge in [0.1, 0.15) is 19.3 Å². The van der Waals surface area contributed by atoms with E-state index in [1.54, 1.807) is 0 Å². The molecule has 3 N–H and O–H groups in total. The van der Waals surface area contributed by atoms with Crippen molar-refractivity contribution >= 4 is 39.5 Å². The molecule has 0 bridgehead atoms. The zero-order chi connectivity index (χ0) is 72.8. The number of aliphatic hydroxyl groups excluding tert-OH is 1. The first-order valence-electron chi connectivity index (χ1n) is 41.5. The second-order valence-corrected chi connectivity index (χ2v) is 32.4. The maximum Gasteiger partial charge on any atom is 0.472 e. The molecule has 0 fully saturated rings. The molecule has 6 atom stereocenters. The van der Waals surface area contributed by atoms with Crippen molar-refractivity contribution in [3.8, 4) is 0 Å². The lowest BCUT2D eigenvalue weighted by Crippen LogP contribution is -2.30. The summed E-state index contributed by atoms with van der Waals surface area (Å²) in [7, 11) is -9.92. The van der Waals surface area contributed by atoms with Gasteiger partial charge in [-0.2, -0.15) is 0 Å². The van der Waals surface area contributed by atoms with Crippen molar-refractivity contribution in [2.24, 2.45) is 11.8 Å². The van der Waals surface area contributed by atoms with Crippen LogP contribution in [0.25, 0.3) is 0 Å². The molecule has 0 aromatic carbocycles. The summed E-state index contributed by atoms with van der Waals surface area (Å²) in [6.45, 7) is 9.65. The van der Waals surface area contributed by atoms with E-state index in [0.29, 0.717) is 25.7 Å². The molecule has 0 aliphatic rings. The minimum Gasteiger partial charge on any atom is -0.462 e. The molecule has 0 amide bonds. The Kier molecular flexibility index (Phi) is 70.3. The molecular formula is C80H156O17P2. The van der Waals surface area contributed by atoms with Crippen molar-refractivity contribution in [1.29, 1.82) is 0 Å². The predicted molar refractivity (Wildman–Crippen MR) is 405 cm³/mol. The second kappa shape index (κ2) is 71.7. The zero-order valence-electron chi connectivity index (χ0n) is 64.8. The molecule has 0 radical (unpaired) electrons. The summed E-state index contributed by atoms with van der Waals surface area (Å²) in [5, 5.41) is 10.6. The molecule has 0 spiro atoms. The minimum atomic E-state index is -4.96. The SMILES string of the molecule is CCCCCCCCCCCCCCCCCCCCC(=O)OC[C@H](COP(=O)(O)OC[C@@H](O)COP(=O)(O)OC[C@@H](COC(=O)CCCCCCCCCCC(C)C)OC(=O)CCCCCCCCCCCCCC)OC(=O)CCCCCCCCCCCCCCCCC(C)CC. The summed E-state index contributed by atoms with van der Waals surface area (Å²) in [4.78, 5) is 73.0. The van der Waals surface area contributed by atoms with E-state index in [9.17, 15) is 43.2 Å². The van der Waals surface area contributed by atoms with Gasteiger partial charge in [0, 0.05) is 25.7 Å². The summed E-state index contributed by atoms with van der Waals surface area (Å²) < 4.78 is 68.7. The molecule has 19 heteroatoms. The van der Waals surface area contributed by atoms with Crippen molar-refractivity contribution in [2.45, 2.75) is 439 Å². The number of carbonyl (C=O) groups is 4. The Morgan fingerprint density at radius 2 is 0.515 bits per heavy atom.